The van der Waals surface area contributed by atoms with Crippen LogP contribution < -0.4 is 0 Å². The van der Waals surface area contributed by atoms with Crippen LogP contribution in [0.3, 0.4) is 0 Å². The Hall–Kier alpha value is -1.22. The number of amides is 2. The van der Waals surface area contributed by atoms with E-state index in [1.807, 2.05) is 7.11 Å². The van der Waals surface area contributed by atoms with E-state index in [1.165, 1.54) is 56.2 Å². The van der Waals surface area contributed by atoms with Gasteiger partial charge in [0.25, 0.3) is 5.91 Å². The van der Waals surface area contributed by atoms with Crippen molar-refractivity contribution in [1.29, 1.82) is 0 Å². The molecule has 2 saturated heterocycles. The van der Waals surface area contributed by atoms with Crippen molar-refractivity contribution in [2.75, 3.05) is 20.3 Å². The van der Waals surface area contributed by atoms with Gasteiger partial charge in [0.05, 0.1) is 20.3 Å². The molecule has 4 saturated carbocycles. The third-order valence-electron chi connectivity index (χ3n) is 16.2. The molecule has 1 N–H and O–H groups in total. The molecule has 0 aromatic carbocycles. The van der Waals surface area contributed by atoms with E-state index in [-0.39, 0.29) is 24.5 Å². The van der Waals surface area contributed by atoms with Gasteiger partial charge >= 0.3 is 0 Å². The topological polar surface area (TPSA) is 79.3 Å². The maximum atomic E-state index is 15.1. The van der Waals surface area contributed by atoms with Crippen LogP contribution in [-0.4, -0.2) is 84.9 Å². The molecular weight excluding hydrogens is 629 g/mol. The van der Waals surface area contributed by atoms with E-state index in [1.54, 1.807) is 0 Å². The largest absolute Gasteiger partial charge is 0.396 e. The molecule has 2 amide bonds. The highest BCUT2D eigenvalue weighted by Crippen LogP contribution is 2.62. The predicted molar refractivity (Wildman–Crippen MR) is 194 cm³/mol. The van der Waals surface area contributed by atoms with Gasteiger partial charge in [-0.3, -0.25) is 9.59 Å². The number of carbonyl (C=O) groups is 2. The van der Waals surface area contributed by atoms with Crippen molar-refractivity contribution >= 4 is 19.9 Å². The zero-order valence-electron chi connectivity index (χ0n) is 31.2. The molecular formula is C41H66N2O5Si. The van der Waals surface area contributed by atoms with Gasteiger partial charge in [-0.15, -0.1) is 0 Å². The van der Waals surface area contributed by atoms with Crippen molar-refractivity contribution < 1.29 is 24.2 Å². The molecule has 5 aliphatic carbocycles. The van der Waals surface area contributed by atoms with Gasteiger partial charge < -0.3 is 24.4 Å². The average molecular weight is 695 g/mol. The molecule has 4 unspecified atom stereocenters. The number of allylic oxidation sites excluding steroid dienone is 1. The Kier molecular flexibility index (Phi) is 9.70. The Bertz CT molecular complexity index is 1280. The fourth-order valence-corrected chi connectivity index (χ4v) is 19.0. The SMILES string of the molecule is COC1CCC([Si](C)(C)[C@H]2[C@H](CCO)O[C@@]3(C(=O)N(CC4CCC(N5C(=O)C6CCCC7CCCC5C76)CC4)C4=C3CCCC4)[C@@H]2C)CC1. The molecule has 0 radical (unpaired) electrons. The average Bonchev–Trinajstić information content (AvgIpc) is 3.67. The monoisotopic (exact) mass is 694 g/mol. The summed E-state index contributed by atoms with van der Waals surface area (Å²) in [5.74, 6) is 3.04. The number of methoxy groups -OCH3 is 1. The van der Waals surface area contributed by atoms with Crippen LogP contribution in [0.4, 0.5) is 0 Å². The van der Waals surface area contributed by atoms with E-state index >= 15 is 4.79 Å². The molecule has 7 nitrogen and oxygen atoms in total. The summed E-state index contributed by atoms with van der Waals surface area (Å²) in [6, 6.07) is 0.893. The maximum absolute atomic E-state index is 15.1. The second-order valence-electron chi connectivity index (χ2n) is 18.6. The molecule has 49 heavy (non-hydrogen) atoms. The van der Waals surface area contributed by atoms with Gasteiger partial charge in [0, 0.05) is 49.9 Å². The Balaban J connectivity index is 0.990. The number of hydrogen-bond donors (Lipinski definition) is 1. The summed E-state index contributed by atoms with van der Waals surface area (Å²) in [4.78, 5) is 33.6. The predicted octanol–water partition coefficient (Wildman–Crippen LogP) is 7.84. The highest BCUT2D eigenvalue weighted by molar-refractivity contribution is 6.80. The fourth-order valence-electron chi connectivity index (χ4n) is 13.9. The molecule has 3 aliphatic heterocycles. The maximum Gasteiger partial charge on any atom is 0.263 e. The molecule has 8 atom stereocenters. The Morgan fingerprint density at radius 1 is 0.898 bits per heavy atom. The van der Waals surface area contributed by atoms with Gasteiger partial charge in [0.2, 0.25) is 5.91 Å². The lowest BCUT2D eigenvalue weighted by molar-refractivity contribution is -0.150. The number of ether oxygens (including phenoxy) is 2. The number of nitrogens with zero attached hydrogens (tertiary/aromatic N) is 2. The number of likely N-dealkylation sites (tertiary alicyclic amines) is 1. The number of carbonyl (C=O) groups excluding carboxylic acids is 2. The highest BCUT2D eigenvalue weighted by Gasteiger charge is 2.67. The summed E-state index contributed by atoms with van der Waals surface area (Å²) in [5.41, 5.74) is 2.79. The number of fused-ring (bicyclic) bond motifs is 1. The van der Waals surface area contributed by atoms with Crippen LogP contribution in [0.5, 0.6) is 0 Å². The molecule has 3 heterocycles. The molecule has 0 bridgehead atoms. The molecule has 0 aromatic heterocycles. The second kappa shape index (κ2) is 13.6. The van der Waals surface area contributed by atoms with Crippen LogP contribution in [0, 0.1) is 29.6 Å². The molecule has 274 valence electrons. The van der Waals surface area contributed by atoms with E-state index < -0.39 is 13.7 Å². The zero-order chi connectivity index (χ0) is 34.1. The van der Waals surface area contributed by atoms with E-state index in [0.717, 1.165) is 83.1 Å². The van der Waals surface area contributed by atoms with Crippen LogP contribution in [0.1, 0.15) is 129 Å². The van der Waals surface area contributed by atoms with Gasteiger partial charge in [-0.1, -0.05) is 58.5 Å². The molecule has 8 aliphatic rings. The standard InChI is InChI=1S/C41H66N2O5Si/c1-26-38(49(3,4)31-21-19-30(47-2)20-22-31)36(23-24-44)48-41(26)33-12-5-6-13-34(33)42(40(41)46)25-27-15-17-29(18-16-27)43-35-14-8-10-28-9-7-11-32(37(28)35)39(43)45/h26-32,35-38,44H,5-25H2,1-4H3/t26-,27?,28?,29?,30?,31?,32?,35?,36+,37?,38-,41+/m1/s1. The molecule has 8 rings (SSSR count). The van der Waals surface area contributed by atoms with Gasteiger partial charge in [-0.05, 0) is 118 Å². The summed E-state index contributed by atoms with van der Waals surface area (Å²) in [6.45, 7) is 8.41. The minimum Gasteiger partial charge on any atom is -0.396 e. The van der Waals surface area contributed by atoms with Crippen LogP contribution in [0.15, 0.2) is 11.3 Å². The first-order valence-corrected chi connectivity index (χ1v) is 24.0. The lowest BCUT2D eigenvalue weighted by Gasteiger charge is -2.45. The van der Waals surface area contributed by atoms with Crippen molar-refractivity contribution in [3.63, 3.8) is 0 Å². The lowest BCUT2D eigenvalue weighted by atomic mass is 9.65. The third kappa shape index (κ3) is 5.57. The lowest BCUT2D eigenvalue weighted by Crippen LogP contribution is -2.51. The molecule has 6 fully saturated rings. The van der Waals surface area contributed by atoms with Crippen molar-refractivity contribution in [3.05, 3.63) is 11.3 Å². The van der Waals surface area contributed by atoms with Crippen molar-refractivity contribution in [2.45, 2.75) is 183 Å². The van der Waals surface area contributed by atoms with Crippen molar-refractivity contribution in [1.82, 2.24) is 9.80 Å². The molecule has 1 spiro atoms. The van der Waals surface area contributed by atoms with E-state index in [9.17, 15) is 9.90 Å². The van der Waals surface area contributed by atoms with Crippen LogP contribution in [-0.2, 0) is 19.1 Å². The summed E-state index contributed by atoms with van der Waals surface area (Å²) >= 11 is 0. The van der Waals surface area contributed by atoms with Crippen LogP contribution in [0.25, 0.3) is 0 Å². The van der Waals surface area contributed by atoms with Gasteiger partial charge in [0.15, 0.2) is 5.60 Å². The number of aliphatic hydroxyl groups excluding tert-OH is 1. The quantitative estimate of drug-likeness (QED) is 0.262. The van der Waals surface area contributed by atoms with E-state index in [4.69, 9.17) is 9.47 Å². The smallest absolute Gasteiger partial charge is 0.263 e. The van der Waals surface area contributed by atoms with Gasteiger partial charge in [-0.2, -0.15) is 0 Å². The Morgan fingerprint density at radius 2 is 1.61 bits per heavy atom. The second-order valence-corrected chi connectivity index (χ2v) is 23.7. The van der Waals surface area contributed by atoms with Crippen LogP contribution in [0.2, 0.25) is 24.2 Å². The van der Waals surface area contributed by atoms with Gasteiger partial charge in [0.1, 0.15) is 0 Å². The summed E-state index contributed by atoms with van der Waals surface area (Å²) in [6.07, 6.45) is 21.8. The first kappa shape index (κ1) is 34.8. The van der Waals surface area contributed by atoms with E-state index in [0.29, 0.717) is 59.4 Å². The van der Waals surface area contributed by atoms with E-state index in [2.05, 4.69) is 29.8 Å². The normalized spacial score (nSPS) is 44.2. The minimum absolute atomic E-state index is 0.0575. The van der Waals surface area contributed by atoms with Gasteiger partial charge in [-0.25, -0.2) is 0 Å². The number of aliphatic hydroxyl groups is 1. The first-order chi connectivity index (χ1) is 23.7. The fraction of sp³-hybridized carbons (Fsp3) is 0.902. The van der Waals surface area contributed by atoms with Crippen molar-refractivity contribution in [3.8, 4) is 0 Å². The molecule has 0 aromatic rings. The van der Waals surface area contributed by atoms with Crippen LogP contribution >= 0.6 is 0 Å². The zero-order valence-corrected chi connectivity index (χ0v) is 32.2. The highest BCUT2D eigenvalue weighted by atomic mass is 28.3. The summed E-state index contributed by atoms with van der Waals surface area (Å²) in [5, 5.41) is 10.3. The first-order valence-electron chi connectivity index (χ1n) is 20.9. The Labute approximate surface area is 297 Å². The molecule has 8 heteroatoms. The van der Waals surface area contributed by atoms with Crippen molar-refractivity contribution in [2.24, 2.45) is 29.6 Å². The number of hydrogen-bond acceptors (Lipinski definition) is 5. The third-order valence-corrected chi connectivity index (χ3v) is 21.5. The summed E-state index contributed by atoms with van der Waals surface area (Å²) < 4.78 is 13.0. The summed E-state index contributed by atoms with van der Waals surface area (Å²) in [7, 11) is -0.0325. The minimum atomic E-state index is -1.88. The number of rotatable bonds is 8. The Morgan fingerprint density at radius 3 is 2.33 bits per heavy atom.